The van der Waals surface area contributed by atoms with Crippen molar-refractivity contribution in [3.05, 3.63) is 22.7 Å². The van der Waals surface area contributed by atoms with Crippen molar-refractivity contribution in [2.45, 2.75) is 56.7 Å². The van der Waals surface area contributed by atoms with Gasteiger partial charge in [0.25, 0.3) is 0 Å². The first-order valence-electron chi connectivity index (χ1n) is 7.28. The molecule has 2 nitrogen and oxygen atoms in total. The van der Waals surface area contributed by atoms with Crippen LogP contribution < -0.4 is 11.1 Å². The second kappa shape index (κ2) is 5.48. The topological polar surface area (TPSA) is 38.0 Å². The zero-order chi connectivity index (χ0) is 12.5. The highest BCUT2D eigenvalue weighted by Gasteiger charge is 2.42. The molecule has 0 bridgehead atoms. The van der Waals surface area contributed by atoms with Crippen molar-refractivity contribution < 1.29 is 0 Å². The first-order valence-corrected chi connectivity index (χ1v) is 8.07. The lowest BCUT2D eigenvalue weighted by Crippen LogP contribution is -2.39. The maximum atomic E-state index is 5.95. The van der Waals surface area contributed by atoms with Gasteiger partial charge in [0.1, 0.15) is 0 Å². The standard InChI is InChI=1S/C15H23BrN2/c16-11-3-1-10(2-4-11)14-9-15(14)18-13-7-5-12(17)6-8-13/h1,3-4,10,12-15,18H,2,5-9,17H2/t10?,12?,13?,14-,15+/m1/s1. The molecule has 2 fully saturated rings. The molecule has 1 unspecified atom stereocenters. The quantitative estimate of drug-likeness (QED) is 0.840. The summed E-state index contributed by atoms with van der Waals surface area (Å²) < 4.78 is 1.24. The molecule has 3 N–H and O–H groups in total. The molecule has 0 saturated heterocycles. The van der Waals surface area contributed by atoms with Gasteiger partial charge in [0, 0.05) is 22.6 Å². The van der Waals surface area contributed by atoms with E-state index >= 15 is 0 Å². The number of hydrogen-bond donors (Lipinski definition) is 2. The van der Waals surface area contributed by atoms with Crippen LogP contribution in [0.3, 0.4) is 0 Å². The van der Waals surface area contributed by atoms with E-state index < -0.39 is 0 Å². The lowest BCUT2D eigenvalue weighted by molar-refractivity contribution is 0.332. The molecular weight excluding hydrogens is 288 g/mol. The van der Waals surface area contributed by atoms with Crippen LogP contribution in [-0.2, 0) is 0 Å². The molecule has 3 aliphatic rings. The van der Waals surface area contributed by atoms with Crippen LogP contribution in [0.2, 0.25) is 0 Å². The highest BCUT2D eigenvalue weighted by molar-refractivity contribution is 9.11. The minimum atomic E-state index is 0.460. The van der Waals surface area contributed by atoms with Crippen molar-refractivity contribution in [3.63, 3.8) is 0 Å². The predicted molar refractivity (Wildman–Crippen MR) is 79.5 cm³/mol. The van der Waals surface area contributed by atoms with Gasteiger partial charge in [0.05, 0.1) is 0 Å². The summed E-state index contributed by atoms with van der Waals surface area (Å²) >= 11 is 3.53. The molecule has 100 valence electrons. The van der Waals surface area contributed by atoms with Crippen LogP contribution in [0.25, 0.3) is 0 Å². The molecule has 0 aromatic rings. The molecule has 3 aliphatic carbocycles. The maximum Gasteiger partial charge on any atom is 0.0132 e. The summed E-state index contributed by atoms with van der Waals surface area (Å²) in [6, 6.07) is 1.96. The molecule has 2 saturated carbocycles. The molecule has 0 aromatic heterocycles. The van der Waals surface area contributed by atoms with Crippen molar-refractivity contribution in [1.82, 2.24) is 5.32 Å². The van der Waals surface area contributed by atoms with Crippen molar-refractivity contribution in [2.24, 2.45) is 17.6 Å². The first kappa shape index (κ1) is 12.9. The Kier molecular flexibility index (Phi) is 3.92. The van der Waals surface area contributed by atoms with E-state index in [1.807, 2.05) is 0 Å². The van der Waals surface area contributed by atoms with E-state index in [1.54, 1.807) is 0 Å². The van der Waals surface area contributed by atoms with E-state index in [9.17, 15) is 0 Å². The monoisotopic (exact) mass is 310 g/mol. The Morgan fingerprint density at radius 3 is 2.67 bits per heavy atom. The van der Waals surface area contributed by atoms with E-state index in [1.165, 1.54) is 43.0 Å². The van der Waals surface area contributed by atoms with Gasteiger partial charge in [-0.25, -0.2) is 0 Å². The van der Waals surface area contributed by atoms with Crippen molar-refractivity contribution >= 4 is 15.9 Å². The third-order valence-corrected chi connectivity index (χ3v) is 5.29. The molecule has 0 aliphatic heterocycles. The van der Waals surface area contributed by atoms with E-state index in [4.69, 9.17) is 5.73 Å². The Hall–Kier alpha value is -0.120. The molecular formula is C15H23BrN2. The van der Waals surface area contributed by atoms with Crippen LogP contribution in [0.1, 0.15) is 38.5 Å². The van der Waals surface area contributed by atoms with Gasteiger partial charge in [-0.2, -0.15) is 0 Å². The molecule has 0 heterocycles. The van der Waals surface area contributed by atoms with Gasteiger partial charge in [-0.15, -0.1) is 0 Å². The molecule has 3 rings (SSSR count). The van der Waals surface area contributed by atoms with E-state index in [-0.39, 0.29) is 0 Å². The largest absolute Gasteiger partial charge is 0.328 e. The lowest BCUT2D eigenvalue weighted by atomic mass is 9.91. The van der Waals surface area contributed by atoms with Crippen molar-refractivity contribution in [3.8, 4) is 0 Å². The zero-order valence-electron chi connectivity index (χ0n) is 10.8. The average molecular weight is 311 g/mol. The van der Waals surface area contributed by atoms with Crippen LogP contribution in [-0.4, -0.2) is 18.1 Å². The number of allylic oxidation sites excluding steroid dienone is 4. The summed E-state index contributed by atoms with van der Waals surface area (Å²) in [5, 5.41) is 3.85. The first-order chi connectivity index (χ1) is 8.72. The Labute approximate surface area is 118 Å². The van der Waals surface area contributed by atoms with Crippen LogP contribution in [0.15, 0.2) is 22.7 Å². The predicted octanol–water partition coefficient (Wildman–Crippen LogP) is 3.09. The van der Waals surface area contributed by atoms with Crippen LogP contribution >= 0.6 is 15.9 Å². The summed E-state index contributed by atoms with van der Waals surface area (Å²) in [7, 11) is 0. The van der Waals surface area contributed by atoms with Crippen LogP contribution in [0, 0.1) is 11.8 Å². The number of nitrogens with two attached hydrogens (primary N) is 1. The number of nitrogens with one attached hydrogen (secondary N) is 1. The van der Waals surface area contributed by atoms with Crippen LogP contribution in [0.4, 0.5) is 0 Å². The summed E-state index contributed by atoms with van der Waals surface area (Å²) in [5.74, 6) is 1.63. The average Bonchev–Trinajstić information content (AvgIpc) is 3.12. The van der Waals surface area contributed by atoms with Gasteiger partial charge >= 0.3 is 0 Å². The van der Waals surface area contributed by atoms with Gasteiger partial charge < -0.3 is 11.1 Å². The molecule has 0 amide bonds. The smallest absolute Gasteiger partial charge is 0.0132 e. The minimum Gasteiger partial charge on any atom is -0.328 e. The lowest BCUT2D eigenvalue weighted by Gasteiger charge is -2.27. The van der Waals surface area contributed by atoms with Crippen molar-refractivity contribution in [2.75, 3.05) is 0 Å². The minimum absolute atomic E-state index is 0.460. The van der Waals surface area contributed by atoms with Gasteiger partial charge in [-0.1, -0.05) is 34.2 Å². The fourth-order valence-corrected chi connectivity index (χ4v) is 3.74. The highest BCUT2D eigenvalue weighted by atomic mass is 79.9. The Bertz CT molecular complexity index is 356. The normalized spacial score (nSPS) is 43.7. The Balaban J connectivity index is 1.43. The molecule has 18 heavy (non-hydrogen) atoms. The van der Waals surface area contributed by atoms with E-state index in [2.05, 4.69) is 39.5 Å². The summed E-state index contributed by atoms with van der Waals surface area (Å²) in [6.45, 7) is 0. The second-order valence-corrected chi connectivity index (χ2v) is 7.05. The summed E-state index contributed by atoms with van der Waals surface area (Å²) in [6.07, 6.45) is 14.4. The highest BCUT2D eigenvalue weighted by Crippen LogP contribution is 2.42. The second-order valence-electron chi connectivity index (χ2n) is 6.13. The molecule has 0 spiro atoms. The fourth-order valence-electron chi connectivity index (χ4n) is 3.40. The SMILES string of the molecule is NC1CCC(N[C@H]2C[C@@H]2C2C=CC(Br)=CC2)CC1. The summed E-state index contributed by atoms with van der Waals surface area (Å²) in [4.78, 5) is 0. The van der Waals surface area contributed by atoms with Gasteiger partial charge in [0.2, 0.25) is 0 Å². The third kappa shape index (κ3) is 3.06. The van der Waals surface area contributed by atoms with E-state index in [0.717, 1.165) is 23.9 Å². The number of rotatable bonds is 3. The fraction of sp³-hybridized carbons (Fsp3) is 0.733. The Morgan fingerprint density at radius 2 is 2.00 bits per heavy atom. The third-order valence-electron chi connectivity index (χ3n) is 4.70. The zero-order valence-corrected chi connectivity index (χ0v) is 12.4. The molecule has 0 aromatic carbocycles. The van der Waals surface area contributed by atoms with Gasteiger partial charge in [-0.3, -0.25) is 0 Å². The molecule has 3 heteroatoms. The van der Waals surface area contributed by atoms with E-state index in [0.29, 0.717) is 6.04 Å². The van der Waals surface area contributed by atoms with Crippen molar-refractivity contribution in [1.29, 1.82) is 0 Å². The van der Waals surface area contributed by atoms with Gasteiger partial charge in [0.15, 0.2) is 0 Å². The number of halogens is 1. The molecule has 3 atom stereocenters. The van der Waals surface area contributed by atoms with Gasteiger partial charge in [-0.05, 0) is 50.4 Å². The number of hydrogen-bond acceptors (Lipinski definition) is 2. The summed E-state index contributed by atoms with van der Waals surface area (Å²) in [5.41, 5.74) is 5.95. The van der Waals surface area contributed by atoms with Crippen LogP contribution in [0.5, 0.6) is 0 Å². The Morgan fingerprint density at radius 1 is 1.22 bits per heavy atom. The molecule has 0 radical (unpaired) electrons. The maximum absolute atomic E-state index is 5.95.